The van der Waals surface area contributed by atoms with Gasteiger partial charge in [-0.05, 0) is 38.6 Å². The summed E-state index contributed by atoms with van der Waals surface area (Å²) >= 11 is 0. The maximum absolute atomic E-state index is 12.6. The summed E-state index contributed by atoms with van der Waals surface area (Å²) in [7, 11) is 0. The zero-order valence-electron chi connectivity index (χ0n) is 17.5. The average Bonchev–Trinajstić information content (AvgIpc) is 2.72. The van der Waals surface area contributed by atoms with Crippen LogP contribution < -0.4 is 27.4 Å². The fourth-order valence-electron chi connectivity index (χ4n) is 2.62. The SMILES string of the molecule is NCCCCC(NC(=O)C(CCC(=O)O)NC(=O)CN)C(=O)NC(CCC(=O)O)C(=O)O. The first-order valence-corrected chi connectivity index (χ1v) is 9.98. The summed E-state index contributed by atoms with van der Waals surface area (Å²) in [4.78, 5) is 69.7. The third-order valence-electron chi connectivity index (χ3n) is 4.33. The second-order valence-electron chi connectivity index (χ2n) is 6.93. The zero-order chi connectivity index (χ0) is 24.7. The van der Waals surface area contributed by atoms with Gasteiger partial charge in [0.25, 0.3) is 0 Å². The Bertz CT molecular complexity index is 686. The van der Waals surface area contributed by atoms with Gasteiger partial charge < -0.3 is 42.7 Å². The monoisotopic (exact) mass is 461 g/mol. The molecule has 182 valence electrons. The third-order valence-corrected chi connectivity index (χ3v) is 4.33. The predicted octanol–water partition coefficient (Wildman–Crippen LogP) is -2.66. The van der Waals surface area contributed by atoms with Crippen LogP contribution in [0.15, 0.2) is 0 Å². The minimum Gasteiger partial charge on any atom is -0.481 e. The quantitative estimate of drug-likeness (QED) is 0.104. The first-order valence-electron chi connectivity index (χ1n) is 9.98. The van der Waals surface area contributed by atoms with E-state index < -0.39 is 73.1 Å². The summed E-state index contributed by atoms with van der Waals surface area (Å²) in [5.74, 6) is -6.31. The maximum atomic E-state index is 12.6. The van der Waals surface area contributed by atoms with Crippen LogP contribution in [0, 0.1) is 0 Å². The maximum Gasteiger partial charge on any atom is 0.326 e. The molecule has 0 aliphatic carbocycles. The van der Waals surface area contributed by atoms with Gasteiger partial charge >= 0.3 is 17.9 Å². The molecule has 10 N–H and O–H groups in total. The molecule has 0 aromatic heterocycles. The van der Waals surface area contributed by atoms with Crippen molar-refractivity contribution < 1.29 is 44.1 Å². The number of nitrogens with one attached hydrogen (secondary N) is 3. The Morgan fingerprint density at radius 3 is 1.56 bits per heavy atom. The Balaban J connectivity index is 5.40. The number of carboxylic acid groups (broad SMARTS) is 3. The van der Waals surface area contributed by atoms with E-state index in [1.54, 1.807) is 0 Å². The number of unbranched alkanes of at least 4 members (excludes halogenated alkanes) is 1. The van der Waals surface area contributed by atoms with Crippen LogP contribution in [0.25, 0.3) is 0 Å². The topological polar surface area (TPSA) is 251 Å². The lowest BCUT2D eigenvalue weighted by Crippen LogP contribution is -2.56. The van der Waals surface area contributed by atoms with Crippen molar-refractivity contribution in [1.82, 2.24) is 16.0 Å². The van der Waals surface area contributed by atoms with E-state index in [0.29, 0.717) is 19.4 Å². The van der Waals surface area contributed by atoms with E-state index in [4.69, 9.17) is 21.7 Å². The highest BCUT2D eigenvalue weighted by atomic mass is 16.4. The Labute approximate surface area is 184 Å². The van der Waals surface area contributed by atoms with Gasteiger partial charge in [-0.15, -0.1) is 0 Å². The van der Waals surface area contributed by atoms with Crippen LogP contribution in [0.5, 0.6) is 0 Å². The number of hydrogen-bond donors (Lipinski definition) is 8. The van der Waals surface area contributed by atoms with Crippen LogP contribution in [-0.2, 0) is 28.8 Å². The summed E-state index contributed by atoms with van der Waals surface area (Å²) in [5, 5.41) is 33.7. The predicted molar refractivity (Wildman–Crippen MR) is 109 cm³/mol. The number of hydrogen-bond acceptors (Lipinski definition) is 8. The van der Waals surface area contributed by atoms with Gasteiger partial charge in [0.1, 0.15) is 18.1 Å². The molecule has 3 amide bonds. The molecule has 0 spiro atoms. The first-order chi connectivity index (χ1) is 15.0. The molecule has 0 heterocycles. The molecule has 0 aromatic rings. The van der Waals surface area contributed by atoms with Crippen LogP contribution in [0.1, 0.15) is 44.9 Å². The summed E-state index contributed by atoms with van der Waals surface area (Å²) in [6.07, 6.45) is -0.582. The van der Waals surface area contributed by atoms with Crippen molar-refractivity contribution >= 4 is 35.6 Å². The minimum atomic E-state index is -1.49. The Morgan fingerprint density at radius 1 is 0.656 bits per heavy atom. The number of rotatable bonds is 17. The van der Waals surface area contributed by atoms with Crippen LogP contribution in [-0.4, -0.2) is 82.2 Å². The fourth-order valence-corrected chi connectivity index (χ4v) is 2.62. The van der Waals surface area contributed by atoms with E-state index in [-0.39, 0.29) is 19.3 Å². The van der Waals surface area contributed by atoms with E-state index in [1.807, 2.05) is 0 Å². The van der Waals surface area contributed by atoms with E-state index in [1.165, 1.54) is 0 Å². The van der Waals surface area contributed by atoms with Crippen molar-refractivity contribution in [3.05, 3.63) is 0 Å². The number of amides is 3. The van der Waals surface area contributed by atoms with Crippen LogP contribution >= 0.6 is 0 Å². The molecular weight excluding hydrogens is 430 g/mol. The standard InChI is InChI=1S/C18H31N5O9/c19-8-2-1-3-10(16(29)23-12(18(31)32)5-7-15(27)28)22-17(30)11(4-6-14(25)26)21-13(24)9-20/h10-12H,1-9,19-20H2,(H,21,24)(H,22,30)(H,23,29)(H,25,26)(H,27,28)(H,31,32). The highest BCUT2D eigenvalue weighted by molar-refractivity contribution is 5.93. The summed E-state index contributed by atoms with van der Waals surface area (Å²) in [6.45, 7) is -0.131. The largest absolute Gasteiger partial charge is 0.481 e. The van der Waals surface area contributed by atoms with E-state index >= 15 is 0 Å². The van der Waals surface area contributed by atoms with Crippen LogP contribution in [0.2, 0.25) is 0 Å². The molecule has 0 aliphatic rings. The third kappa shape index (κ3) is 12.4. The van der Waals surface area contributed by atoms with Gasteiger partial charge in [-0.3, -0.25) is 24.0 Å². The van der Waals surface area contributed by atoms with Crippen molar-refractivity contribution in [2.45, 2.75) is 63.1 Å². The Hall–Kier alpha value is -3.26. The molecular formula is C18H31N5O9. The lowest BCUT2D eigenvalue weighted by Gasteiger charge is -2.24. The smallest absolute Gasteiger partial charge is 0.326 e. The van der Waals surface area contributed by atoms with E-state index in [2.05, 4.69) is 16.0 Å². The highest BCUT2D eigenvalue weighted by Crippen LogP contribution is 2.06. The van der Waals surface area contributed by atoms with Gasteiger partial charge in [0.2, 0.25) is 17.7 Å². The molecule has 3 unspecified atom stereocenters. The molecule has 0 saturated carbocycles. The summed E-state index contributed by atoms with van der Waals surface area (Å²) in [6, 6.07) is -4.00. The van der Waals surface area contributed by atoms with Crippen molar-refractivity contribution in [2.24, 2.45) is 11.5 Å². The van der Waals surface area contributed by atoms with Gasteiger partial charge in [-0.2, -0.15) is 0 Å². The molecule has 0 radical (unpaired) electrons. The molecule has 0 aliphatic heterocycles. The number of aliphatic carboxylic acids is 3. The van der Waals surface area contributed by atoms with Gasteiger partial charge in [0, 0.05) is 12.8 Å². The molecule has 0 saturated heterocycles. The number of carboxylic acids is 3. The van der Waals surface area contributed by atoms with Crippen molar-refractivity contribution in [3.8, 4) is 0 Å². The summed E-state index contributed by atoms with van der Waals surface area (Å²) in [5.41, 5.74) is 10.6. The number of carbonyl (C=O) groups is 6. The molecule has 0 aromatic carbocycles. The highest BCUT2D eigenvalue weighted by Gasteiger charge is 2.29. The molecule has 0 fully saturated rings. The van der Waals surface area contributed by atoms with Gasteiger partial charge in [-0.1, -0.05) is 0 Å². The van der Waals surface area contributed by atoms with Crippen molar-refractivity contribution in [2.75, 3.05) is 13.1 Å². The normalized spacial score (nSPS) is 13.3. The van der Waals surface area contributed by atoms with Crippen LogP contribution in [0.3, 0.4) is 0 Å². The number of carbonyl (C=O) groups excluding carboxylic acids is 3. The average molecular weight is 461 g/mol. The van der Waals surface area contributed by atoms with Crippen molar-refractivity contribution in [3.63, 3.8) is 0 Å². The van der Waals surface area contributed by atoms with Crippen molar-refractivity contribution in [1.29, 1.82) is 0 Å². The Kier molecular flexibility index (Phi) is 13.9. The molecule has 3 atom stereocenters. The molecule has 14 heteroatoms. The molecule has 0 bridgehead atoms. The molecule has 14 nitrogen and oxygen atoms in total. The van der Waals surface area contributed by atoms with Gasteiger partial charge in [-0.25, -0.2) is 4.79 Å². The second kappa shape index (κ2) is 15.5. The van der Waals surface area contributed by atoms with Gasteiger partial charge in [0.15, 0.2) is 0 Å². The Morgan fingerprint density at radius 2 is 1.12 bits per heavy atom. The second-order valence-corrected chi connectivity index (χ2v) is 6.93. The summed E-state index contributed by atoms with van der Waals surface area (Å²) < 4.78 is 0. The van der Waals surface area contributed by atoms with Crippen LogP contribution in [0.4, 0.5) is 0 Å². The molecule has 32 heavy (non-hydrogen) atoms. The number of nitrogens with two attached hydrogens (primary N) is 2. The van der Waals surface area contributed by atoms with E-state index in [0.717, 1.165) is 0 Å². The van der Waals surface area contributed by atoms with E-state index in [9.17, 15) is 33.9 Å². The van der Waals surface area contributed by atoms with Gasteiger partial charge in [0.05, 0.1) is 6.54 Å². The zero-order valence-corrected chi connectivity index (χ0v) is 17.5. The first kappa shape index (κ1) is 28.7. The molecule has 0 rings (SSSR count). The lowest BCUT2D eigenvalue weighted by molar-refractivity contribution is -0.143. The minimum absolute atomic E-state index is 0.0799. The fraction of sp³-hybridized carbons (Fsp3) is 0.667. The lowest BCUT2D eigenvalue weighted by atomic mass is 10.0.